The van der Waals surface area contributed by atoms with Crippen LogP contribution in [0.15, 0.2) is 57.7 Å². The summed E-state index contributed by atoms with van der Waals surface area (Å²) in [7, 11) is 4.71. The summed E-state index contributed by atoms with van der Waals surface area (Å²) in [5, 5.41) is 0. The monoisotopic (exact) mass is 339 g/mol. The minimum absolute atomic E-state index is 0.236. The third-order valence-electron chi connectivity index (χ3n) is 3.69. The van der Waals surface area contributed by atoms with Gasteiger partial charge in [0.05, 0.1) is 33.1 Å². The molecule has 3 aromatic rings. The van der Waals surface area contributed by atoms with Crippen LogP contribution in [0.3, 0.4) is 0 Å². The molecule has 3 rings (SSSR count). The summed E-state index contributed by atoms with van der Waals surface area (Å²) in [4.78, 5) is 16.4. The Morgan fingerprint density at radius 2 is 1.48 bits per heavy atom. The molecule has 0 radical (unpaired) electrons. The minimum Gasteiger partial charge on any atom is -0.497 e. The van der Waals surface area contributed by atoms with Gasteiger partial charge in [0.1, 0.15) is 5.75 Å². The maximum absolute atomic E-state index is 12.0. The molecular weight excluding hydrogens is 322 g/mol. The van der Waals surface area contributed by atoms with E-state index in [1.807, 2.05) is 0 Å². The van der Waals surface area contributed by atoms with Crippen molar-refractivity contribution in [2.45, 2.75) is 0 Å². The Balaban J connectivity index is 2.06. The highest BCUT2D eigenvalue weighted by Crippen LogP contribution is 2.32. The summed E-state index contributed by atoms with van der Waals surface area (Å²) < 4.78 is 20.9. The van der Waals surface area contributed by atoms with E-state index in [0.29, 0.717) is 28.5 Å². The van der Waals surface area contributed by atoms with Gasteiger partial charge >= 0.3 is 5.63 Å². The molecule has 0 saturated heterocycles. The Hall–Kier alpha value is -3.28. The number of ether oxygens (including phenoxy) is 3. The molecule has 0 atom stereocenters. The highest BCUT2D eigenvalue weighted by Gasteiger charge is 2.11. The van der Waals surface area contributed by atoms with Crippen LogP contribution in [0.1, 0.15) is 0 Å². The Morgan fingerprint density at radius 1 is 0.800 bits per heavy atom. The molecule has 128 valence electrons. The van der Waals surface area contributed by atoms with Gasteiger partial charge in [-0.15, -0.1) is 0 Å². The van der Waals surface area contributed by atoms with Crippen LogP contribution in [0.5, 0.6) is 17.2 Å². The van der Waals surface area contributed by atoms with Crippen molar-refractivity contribution in [1.29, 1.82) is 0 Å². The number of hydrogen-bond acceptors (Lipinski definition) is 6. The predicted molar refractivity (Wildman–Crippen MR) is 93.3 cm³/mol. The van der Waals surface area contributed by atoms with Gasteiger partial charge in [-0.1, -0.05) is 0 Å². The van der Waals surface area contributed by atoms with Crippen LogP contribution in [0.25, 0.3) is 22.7 Å². The van der Waals surface area contributed by atoms with Crippen LogP contribution in [0, 0.1) is 0 Å². The highest BCUT2D eigenvalue weighted by molar-refractivity contribution is 5.66. The molecule has 0 fully saturated rings. The van der Waals surface area contributed by atoms with Gasteiger partial charge in [-0.2, -0.15) is 0 Å². The molecule has 0 aliphatic heterocycles. The van der Waals surface area contributed by atoms with Crippen molar-refractivity contribution in [2.75, 3.05) is 21.3 Å². The van der Waals surface area contributed by atoms with Crippen LogP contribution in [0.4, 0.5) is 0 Å². The molecule has 25 heavy (non-hydrogen) atoms. The zero-order valence-corrected chi connectivity index (χ0v) is 14.1. The molecule has 0 aliphatic rings. The van der Waals surface area contributed by atoms with E-state index in [1.165, 1.54) is 6.07 Å². The van der Waals surface area contributed by atoms with Crippen LogP contribution in [-0.4, -0.2) is 26.3 Å². The molecule has 1 aromatic heterocycles. The van der Waals surface area contributed by atoms with Gasteiger partial charge in [-0.05, 0) is 42.5 Å². The first-order valence-electron chi connectivity index (χ1n) is 7.53. The van der Waals surface area contributed by atoms with Crippen molar-refractivity contribution in [3.05, 3.63) is 59.0 Å². The maximum atomic E-state index is 12.0. The molecule has 1 heterocycles. The largest absolute Gasteiger partial charge is 0.497 e. The first-order valence-corrected chi connectivity index (χ1v) is 7.53. The third kappa shape index (κ3) is 3.47. The van der Waals surface area contributed by atoms with Gasteiger partial charge in [0.15, 0.2) is 11.5 Å². The molecule has 0 aliphatic carbocycles. The van der Waals surface area contributed by atoms with Crippen LogP contribution in [0.2, 0.25) is 0 Å². The number of benzene rings is 2. The van der Waals surface area contributed by atoms with Crippen molar-refractivity contribution in [3.8, 4) is 40.0 Å². The van der Waals surface area contributed by atoms with E-state index in [9.17, 15) is 4.79 Å². The number of methoxy groups -OCH3 is 3. The first-order chi connectivity index (χ1) is 12.1. The van der Waals surface area contributed by atoms with Crippen LogP contribution in [-0.2, 0) is 0 Å². The number of rotatable bonds is 5. The summed E-state index contributed by atoms with van der Waals surface area (Å²) in [5.41, 5.74) is 1.41. The average Bonchev–Trinajstić information content (AvgIpc) is 2.67. The van der Waals surface area contributed by atoms with Crippen molar-refractivity contribution in [1.82, 2.24) is 4.98 Å². The molecule has 2 aromatic carbocycles. The second-order valence-electron chi connectivity index (χ2n) is 5.17. The second kappa shape index (κ2) is 7.09. The molecular formula is C19H17NO5. The van der Waals surface area contributed by atoms with Gasteiger partial charge in [0.25, 0.3) is 0 Å². The first kappa shape index (κ1) is 16.6. The zero-order valence-electron chi connectivity index (χ0n) is 14.1. The molecule has 6 heteroatoms. The number of hydrogen-bond donors (Lipinski definition) is 0. The summed E-state index contributed by atoms with van der Waals surface area (Å²) in [6.07, 6.45) is 0. The van der Waals surface area contributed by atoms with Gasteiger partial charge in [-0.25, -0.2) is 9.78 Å². The lowest BCUT2D eigenvalue weighted by atomic mass is 10.1. The Labute approximate surface area is 144 Å². The molecule has 0 N–H and O–H groups in total. The van der Waals surface area contributed by atoms with Gasteiger partial charge in [0.2, 0.25) is 5.89 Å². The molecule has 0 amide bonds. The Morgan fingerprint density at radius 3 is 2.12 bits per heavy atom. The lowest BCUT2D eigenvalue weighted by Gasteiger charge is -2.09. The Kier molecular flexibility index (Phi) is 4.70. The average molecular weight is 339 g/mol. The lowest BCUT2D eigenvalue weighted by molar-refractivity contribution is 0.355. The predicted octanol–water partition coefficient (Wildman–Crippen LogP) is 3.39. The third-order valence-corrected chi connectivity index (χ3v) is 3.69. The topological polar surface area (TPSA) is 70.8 Å². The normalized spacial score (nSPS) is 10.4. The van der Waals surface area contributed by atoms with Crippen molar-refractivity contribution < 1.29 is 18.6 Å². The minimum atomic E-state index is -0.481. The van der Waals surface area contributed by atoms with Crippen molar-refractivity contribution in [3.63, 3.8) is 0 Å². The maximum Gasteiger partial charge on any atom is 0.339 e. The summed E-state index contributed by atoms with van der Waals surface area (Å²) in [6.45, 7) is 0. The summed E-state index contributed by atoms with van der Waals surface area (Å²) in [5.74, 6) is 2.10. The molecule has 0 spiro atoms. The zero-order chi connectivity index (χ0) is 17.8. The van der Waals surface area contributed by atoms with E-state index < -0.39 is 5.63 Å². The fourth-order valence-electron chi connectivity index (χ4n) is 2.40. The van der Waals surface area contributed by atoms with E-state index in [1.54, 1.807) is 63.8 Å². The molecule has 6 nitrogen and oxygen atoms in total. The van der Waals surface area contributed by atoms with Crippen molar-refractivity contribution >= 4 is 0 Å². The van der Waals surface area contributed by atoms with E-state index >= 15 is 0 Å². The summed E-state index contributed by atoms with van der Waals surface area (Å²) >= 11 is 0. The fraction of sp³-hybridized carbons (Fsp3) is 0.158. The SMILES string of the molecule is COc1ccc(-c2nc(-c3ccc(OC)c(OC)c3)cc(=O)o2)cc1. The van der Waals surface area contributed by atoms with Crippen molar-refractivity contribution in [2.24, 2.45) is 0 Å². The fourth-order valence-corrected chi connectivity index (χ4v) is 2.40. The standard InChI is InChI=1S/C19H17NO5/c1-22-14-7-4-12(5-8-14)19-20-15(11-18(21)25-19)13-6-9-16(23-2)17(10-13)24-3/h4-11H,1-3H3. The van der Waals surface area contributed by atoms with Gasteiger partial charge in [0, 0.05) is 11.1 Å². The van der Waals surface area contributed by atoms with E-state index in [0.717, 1.165) is 5.56 Å². The van der Waals surface area contributed by atoms with Crippen LogP contribution >= 0.6 is 0 Å². The van der Waals surface area contributed by atoms with E-state index in [2.05, 4.69) is 4.98 Å². The van der Waals surface area contributed by atoms with Gasteiger partial charge < -0.3 is 18.6 Å². The Bertz CT molecular complexity index is 931. The quantitative estimate of drug-likeness (QED) is 0.709. The highest BCUT2D eigenvalue weighted by atomic mass is 16.5. The second-order valence-corrected chi connectivity index (χ2v) is 5.17. The number of nitrogens with zero attached hydrogens (tertiary/aromatic N) is 1. The van der Waals surface area contributed by atoms with Crippen LogP contribution < -0.4 is 19.8 Å². The number of aromatic nitrogens is 1. The molecule has 0 bridgehead atoms. The van der Waals surface area contributed by atoms with Gasteiger partial charge in [-0.3, -0.25) is 0 Å². The smallest absolute Gasteiger partial charge is 0.339 e. The van der Waals surface area contributed by atoms with E-state index in [4.69, 9.17) is 18.6 Å². The molecule has 0 saturated carbocycles. The summed E-state index contributed by atoms with van der Waals surface area (Å²) in [6, 6.07) is 13.8. The van der Waals surface area contributed by atoms with E-state index in [-0.39, 0.29) is 5.89 Å². The lowest BCUT2D eigenvalue weighted by Crippen LogP contribution is -2.02. The molecule has 0 unspecified atom stereocenters.